The number of alkyl halides is 3. The van der Waals surface area contributed by atoms with E-state index in [4.69, 9.17) is 9.47 Å². The third-order valence-electron chi connectivity index (χ3n) is 8.18. The van der Waals surface area contributed by atoms with E-state index >= 15 is 0 Å². The number of fused-ring (bicyclic) bond motifs is 1. The van der Waals surface area contributed by atoms with Crippen molar-refractivity contribution < 1.29 is 32.3 Å². The molecule has 0 radical (unpaired) electrons. The van der Waals surface area contributed by atoms with Gasteiger partial charge < -0.3 is 29.2 Å². The van der Waals surface area contributed by atoms with Gasteiger partial charge in [-0.15, -0.1) is 13.2 Å². The Hall–Kier alpha value is -4.78. The van der Waals surface area contributed by atoms with Crippen LogP contribution in [0.2, 0.25) is 0 Å². The Labute approximate surface area is 264 Å². The molecule has 1 atom stereocenters. The van der Waals surface area contributed by atoms with E-state index in [1.807, 2.05) is 12.1 Å². The number of anilines is 1. The molecule has 1 fully saturated rings. The topological polar surface area (TPSA) is 95.1 Å². The summed E-state index contributed by atoms with van der Waals surface area (Å²) in [5.74, 6) is 0.314. The number of imidazole rings is 1. The lowest BCUT2D eigenvalue weighted by Crippen LogP contribution is -2.45. The minimum absolute atomic E-state index is 0.208. The van der Waals surface area contributed by atoms with Crippen LogP contribution in [0.15, 0.2) is 79.0 Å². The summed E-state index contributed by atoms with van der Waals surface area (Å²) in [7, 11) is 0. The Morgan fingerprint density at radius 1 is 0.848 bits per heavy atom. The highest BCUT2D eigenvalue weighted by molar-refractivity contribution is 5.49. The molecule has 3 aromatic carbocycles. The predicted octanol–water partition coefficient (Wildman–Crippen LogP) is 6.03. The molecule has 242 valence electrons. The van der Waals surface area contributed by atoms with Crippen molar-refractivity contribution in [2.24, 2.45) is 0 Å². The van der Waals surface area contributed by atoms with E-state index in [1.165, 1.54) is 29.5 Å². The number of hydrogen-bond donors (Lipinski definition) is 0. The van der Waals surface area contributed by atoms with E-state index in [-0.39, 0.29) is 23.7 Å². The van der Waals surface area contributed by atoms with Crippen molar-refractivity contribution in [1.29, 1.82) is 0 Å². The molecule has 6 rings (SSSR count). The van der Waals surface area contributed by atoms with Crippen molar-refractivity contribution in [2.45, 2.75) is 44.8 Å². The summed E-state index contributed by atoms with van der Waals surface area (Å²) >= 11 is 0. The van der Waals surface area contributed by atoms with Gasteiger partial charge in [0.25, 0.3) is 0 Å². The number of nitro groups is 1. The van der Waals surface area contributed by atoms with E-state index in [1.54, 1.807) is 16.7 Å². The minimum atomic E-state index is -4.68. The molecule has 46 heavy (non-hydrogen) atoms. The highest BCUT2D eigenvalue weighted by Gasteiger charge is 2.31. The zero-order valence-electron chi connectivity index (χ0n) is 25.1. The molecule has 0 amide bonds. The van der Waals surface area contributed by atoms with Crippen LogP contribution in [0.4, 0.5) is 24.7 Å². The lowest BCUT2D eigenvalue weighted by Gasteiger charge is -2.36. The van der Waals surface area contributed by atoms with Gasteiger partial charge in [0.15, 0.2) is 0 Å². The monoisotopic (exact) mass is 637 g/mol. The fraction of sp³-hybridized carbons (Fsp3) is 0.364. The van der Waals surface area contributed by atoms with Crippen LogP contribution in [-0.2, 0) is 25.9 Å². The number of nitrogens with zero attached hydrogens (tertiary/aromatic N) is 5. The van der Waals surface area contributed by atoms with Crippen LogP contribution in [-0.4, -0.2) is 64.6 Å². The Morgan fingerprint density at radius 2 is 1.46 bits per heavy atom. The van der Waals surface area contributed by atoms with Crippen LogP contribution in [0.3, 0.4) is 0 Å². The lowest BCUT2D eigenvalue weighted by molar-refractivity contribution is -0.389. The lowest BCUT2D eigenvalue weighted by atomic mass is 10.0. The van der Waals surface area contributed by atoms with Gasteiger partial charge in [-0.2, -0.15) is 0 Å². The summed E-state index contributed by atoms with van der Waals surface area (Å²) in [5, 5.41) is 11.0. The van der Waals surface area contributed by atoms with Crippen molar-refractivity contribution in [3.63, 3.8) is 0 Å². The zero-order valence-corrected chi connectivity index (χ0v) is 25.1. The van der Waals surface area contributed by atoms with Gasteiger partial charge in [0, 0.05) is 56.4 Å². The van der Waals surface area contributed by atoms with E-state index in [2.05, 4.69) is 55.9 Å². The maximum absolute atomic E-state index is 12.4. The maximum atomic E-state index is 12.4. The molecule has 4 aromatic rings. The molecule has 10 nitrogen and oxygen atoms in total. The van der Waals surface area contributed by atoms with Gasteiger partial charge in [-0.25, -0.2) is 0 Å². The first-order valence-electron chi connectivity index (χ1n) is 15.2. The van der Waals surface area contributed by atoms with Crippen LogP contribution >= 0.6 is 0 Å². The van der Waals surface area contributed by atoms with E-state index in [0.717, 1.165) is 62.6 Å². The third-order valence-corrected chi connectivity index (χ3v) is 8.18. The van der Waals surface area contributed by atoms with Gasteiger partial charge in [0.2, 0.25) is 0 Å². The van der Waals surface area contributed by atoms with Crippen molar-refractivity contribution in [2.75, 3.05) is 37.7 Å². The molecule has 1 saturated heterocycles. The SMILES string of the molecule is O=[N+]([O-])c1cn2c(n1)O[C@H](COc1ccc(N3CCN(Cc4ccc(CCc5ccc(OC(F)(F)F)cc5)cc4)CC3)cc1)CC2. The highest BCUT2D eigenvalue weighted by atomic mass is 19.4. The van der Waals surface area contributed by atoms with Gasteiger partial charge >= 0.3 is 18.2 Å². The molecular formula is C33H34F3N5O5. The number of piperazine rings is 1. The smallest absolute Gasteiger partial charge is 0.490 e. The number of rotatable bonds is 11. The molecular weight excluding hydrogens is 603 g/mol. The standard InChI is InChI=1S/C33H34F3N5O5/c34-33(35,36)46-29-11-7-25(8-12-29)2-1-24-3-5-26(6-4-24)21-38-17-19-39(20-18-38)27-9-13-28(14-10-27)44-23-30-15-16-40-22-31(41(42)43)37-32(40)45-30/h3-14,22,30H,1-2,15-21,23H2/t30-/m0/s1. The number of aryl methyl sites for hydroxylation is 3. The quantitative estimate of drug-likeness (QED) is 0.145. The first-order chi connectivity index (χ1) is 22.2. The van der Waals surface area contributed by atoms with Gasteiger partial charge in [-0.3, -0.25) is 9.47 Å². The van der Waals surface area contributed by atoms with Gasteiger partial charge in [-0.05, 0) is 70.9 Å². The normalized spacial score (nSPS) is 16.8. The van der Waals surface area contributed by atoms with Gasteiger partial charge in [-0.1, -0.05) is 36.4 Å². The van der Waals surface area contributed by atoms with Crippen LogP contribution < -0.4 is 19.1 Å². The minimum Gasteiger partial charge on any atom is -0.490 e. The summed E-state index contributed by atoms with van der Waals surface area (Å²) in [4.78, 5) is 19.2. The largest absolute Gasteiger partial charge is 0.573 e. The van der Waals surface area contributed by atoms with Crippen molar-refractivity contribution in [3.8, 4) is 17.5 Å². The van der Waals surface area contributed by atoms with Crippen molar-refractivity contribution in [3.05, 3.63) is 106 Å². The molecule has 0 unspecified atom stereocenters. The second kappa shape index (κ2) is 13.7. The second-order valence-electron chi connectivity index (χ2n) is 11.4. The van der Waals surface area contributed by atoms with Crippen molar-refractivity contribution >= 4 is 11.5 Å². The first kappa shape index (κ1) is 31.2. The molecule has 2 aliphatic heterocycles. The fourth-order valence-electron chi connectivity index (χ4n) is 5.66. The Kier molecular flexibility index (Phi) is 9.29. The Bertz CT molecular complexity index is 1600. The molecule has 0 N–H and O–H groups in total. The van der Waals surface area contributed by atoms with E-state index in [9.17, 15) is 23.3 Å². The zero-order chi connectivity index (χ0) is 32.1. The fourth-order valence-corrected chi connectivity index (χ4v) is 5.66. The molecule has 0 aliphatic carbocycles. The highest BCUT2D eigenvalue weighted by Crippen LogP contribution is 2.26. The van der Waals surface area contributed by atoms with Crippen LogP contribution in [0.5, 0.6) is 17.5 Å². The number of ether oxygens (including phenoxy) is 3. The Morgan fingerprint density at radius 3 is 2.09 bits per heavy atom. The maximum Gasteiger partial charge on any atom is 0.573 e. The molecule has 13 heteroatoms. The predicted molar refractivity (Wildman–Crippen MR) is 164 cm³/mol. The molecule has 3 heterocycles. The average molecular weight is 638 g/mol. The molecule has 0 bridgehead atoms. The first-order valence-corrected chi connectivity index (χ1v) is 15.2. The number of hydrogen-bond acceptors (Lipinski definition) is 8. The van der Waals surface area contributed by atoms with Gasteiger partial charge in [0.05, 0.1) is 0 Å². The van der Waals surface area contributed by atoms with E-state index < -0.39 is 11.3 Å². The number of aromatic nitrogens is 2. The Balaban J connectivity index is 0.906. The summed E-state index contributed by atoms with van der Waals surface area (Å²) in [5.41, 5.74) is 4.53. The third kappa shape index (κ3) is 8.27. The summed E-state index contributed by atoms with van der Waals surface area (Å²) in [6, 6.07) is 22.9. The summed E-state index contributed by atoms with van der Waals surface area (Å²) in [6.45, 7) is 5.52. The molecule has 1 aromatic heterocycles. The number of benzene rings is 3. The second-order valence-corrected chi connectivity index (χ2v) is 11.4. The van der Waals surface area contributed by atoms with Crippen LogP contribution in [0, 0.1) is 10.1 Å². The van der Waals surface area contributed by atoms with Crippen LogP contribution in [0.25, 0.3) is 0 Å². The summed E-state index contributed by atoms with van der Waals surface area (Å²) < 4.78 is 54.4. The molecule has 0 saturated carbocycles. The van der Waals surface area contributed by atoms with Crippen LogP contribution in [0.1, 0.15) is 23.1 Å². The van der Waals surface area contributed by atoms with E-state index in [0.29, 0.717) is 19.6 Å². The summed E-state index contributed by atoms with van der Waals surface area (Å²) in [6.07, 6.45) is -1.31. The van der Waals surface area contributed by atoms with Crippen molar-refractivity contribution in [1.82, 2.24) is 14.5 Å². The molecule has 0 spiro atoms. The van der Waals surface area contributed by atoms with Gasteiger partial charge in [0.1, 0.15) is 30.4 Å². The average Bonchev–Trinajstić information content (AvgIpc) is 3.48. The number of halogens is 3. The molecule has 2 aliphatic rings.